The molecule has 20 heavy (non-hydrogen) atoms. The van der Waals surface area contributed by atoms with Crippen LogP contribution in [0, 0.1) is 0 Å². The van der Waals surface area contributed by atoms with Crippen molar-refractivity contribution in [1.29, 1.82) is 0 Å². The summed E-state index contributed by atoms with van der Waals surface area (Å²) in [6, 6.07) is 7.35. The third kappa shape index (κ3) is 5.40. The molecule has 0 spiro atoms. The Morgan fingerprint density at radius 1 is 1.25 bits per heavy atom. The van der Waals surface area contributed by atoms with Gasteiger partial charge in [-0.15, -0.1) is 0 Å². The van der Waals surface area contributed by atoms with Gasteiger partial charge in [-0.3, -0.25) is 9.59 Å². The SMILES string of the molecule is CC[C@@H](C)NC(=O)c1ccc(CNC(=O)COC)cc1. The van der Waals surface area contributed by atoms with Gasteiger partial charge in [0, 0.05) is 25.3 Å². The lowest BCUT2D eigenvalue weighted by Crippen LogP contribution is -2.31. The normalized spacial score (nSPS) is 11.8. The largest absolute Gasteiger partial charge is 0.375 e. The van der Waals surface area contributed by atoms with Crippen LogP contribution in [-0.2, 0) is 16.1 Å². The van der Waals surface area contributed by atoms with E-state index in [0.29, 0.717) is 12.1 Å². The van der Waals surface area contributed by atoms with E-state index in [4.69, 9.17) is 4.74 Å². The average molecular weight is 278 g/mol. The van der Waals surface area contributed by atoms with Crippen LogP contribution in [0.1, 0.15) is 36.2 Å². The molecule has 2 N–H and O–H groups in total. The van der Waals surface area contributed by atoms with Crippen molar-refractivity contribution in [2.75, 3.05) is 13.7 Å². The van der Waals surface area contributed by atoms with E-state index in [1.807, 2.05) is 26.0 Å². The molecular formula is C15H22N2O3. The van der Waals surface area contributed by atoms with Gasteiger partial charge in [0.05, 0.1) is 0 Å². The molecule has 2 amide bonds. The van der Waals surface area contributed by atoms with Crippen molar-refractivity contribution in [1.82, 2.24) is 10.6 Å². The lowest BCUT2D eigenvalue weighted by atomic mass is 10.1. The summed E-state index contributed by atoms with van der Waals surface area (Å²) in [7, 11) is 1.48. The summed E-state index contributed by atoms with van der Waals surface area (Å²) in [5.41, 5.74) is 1.56. The Morgan fingerprint density at radius 2 is 1.90 bits per heavy atom. The van der Waals surface area contributed by atoms with Crippen molar-refractivity contribution in [3.8, 4) is 0 Å². The molecule has 0 aliphatic carbocycles. The van der Waals surface area contributed by atoms with Crippen LogP contribution in [0.15, 0.2) is 24.3 Å². The topological polar surface area (TPSA) is 67.4 Å². The highest BCUT2D eigenvalue weighted by Gasteiger charge is 2.08. The van der Waals surface area contributed by atoms with Crippen LogP contribution in [0.4, 0.5) is 0 Å². The quantitative estimate of drug-likeness (QED) is 0.794. The summed E-state index contributed by atoms with van der Waals surface area (Å²) in [4.78, 5) is 23.1. The van der Waals surface area contributed by atoms with Crippen molar-refractivity contribution < 1.29 is 14.3 Å². The number of ether oxygens (including phenoxy) is 1. The molecule has 0 heterocycles. The summed E-state index contributed by atoms with van der Waals surface area (Å²) >= 11 is 0. The summed E-state index contributed by atoms with van der Waals surface area (Å²) < 4.78 is 4.73. The van der Waals surface area contributed by atoms with Crippen molar-refractivity contribution in [3.63, 3.8) is 0 Å². The maximum absolute atomic E-state index is 11.9. The predicted octanol–water partition coefficient (Wildman–Crippen LogP) is 1.48. The lowest BCUT2D eigenvalue weighted by Gasteiger charge is -2.11. The second kappa shape index (κ2) is 8.32. The number of nitrogens with one attached hydrogen (secondary N) is 2. The zero-order valence-corrected chi connectivity index (χ0v) is 12.2. The fourth-order valence-electron chi connectivity index (χ4n) is 1.57. The van der Waals surface area contributed by atoms with Crippen molar-refractivity contribution in [2.45, 2.75) is 32.9 Å². The predicted molar refractivity (Wildman–Crippen MR) is 77.4 cm³/mol. The van der Waals surface area contributed by atoms with E-state index in [0.717, 1.165) is 12.0 Å². The Morgan fingerprint density at radius 3 is 2.45 bits per heavy atom. The van der Waals surface area contributed by atoms with Gasteiger partial charge in [-0.1, -0.05) is 19.1 Å². The van der Waals surface area contributed by atoms with Gasteiger partial charge in [0.1, 0.15) is 6.61 Å². The van der Waals surface area contributed by atoms with Crippen LogP contribution in [0.25, 0.3) is 0 Å². The molecule has 0 aliphatic heterocycles. The van der Waals surface area contributed by atoms with Gasteiger partial charge in [-0.25, -0.2) is 0 Å². The first-order valence-electron chi connectivity index (χ1n) is 6.72. The number of carbonyl (C=O) groups is 2. The molecule has 0 aliphatic rings. The number of hydrogen-bond acceptors (Lipinski definition) is 3. The number of methoxy groups -OCH3 is 1. The van der Waals surface area contributed by atoms with E-state index >= 15 is 0 Å². The van der Waals surface area contributed by atoms with Gasteiger partial charge in [0.15, 0.2) is 0 Å². The molecule has 5 heteroatoms. The zero-order valence-electron chi connectivity index (χ0n) is 12.2. The van der Waals surface area contributed by atoms with Crippen LogP contribution < -0.4 is 10.6 Å². The summed E-state index contributed by atoms with van der Waals surface area (Å²) in [6.45, 7) is 4.47. The maximum Gasteiger partial charge on any atom is 0.251 e. The monoisotopic (exact) mass is 278 g/mol. The first-order chi connectivity index (χ1) is 9.56. The fraction of sp³-hybridized carbons (Fsp3) is 0.467. The summed E-state index contributed by atoms with van der Waals surface area (Å²) in [5, 5.41) is 5.63. The fourth-order valence-corrected chi connectivity index (χ4v) is 1.57. The molecule has 0 unspecified atom stereocenters. The van der Waals surface area contributed by atoms with Gasteiger partial charge in [-0.05, 0) is 31.0 Å². The minimum Gasteiger partial charge on any atom is -0.375 e. The van der Waals surface area contributed by atoms with E-state index in [-0.39, 0.29) is 24.5 Å². The highest BCUT2D eigenvalue weighted by Crippen LogP contribution is 2.05. The summed E-state index contributed by atoms with van der Waals surface area (Å²) in [5.74, 6) is -0.236. The van der Waals surface area contributed by atoms with Crippen LogP contribution in [0.2, 0.25) is 0 Å². The molecule has 0 fully saturated rings. The highest BCUT2D eigenvalue weighted by molar-refractivity contribution is 5.94. The first kappa shape index (κ1) is 16.2. The van der Waals surface area contributed by atoms with E-state index in [1.54, 1.807) is 12.1 Å². The molecule has 1 rings (SSSR count). The molecule has 0 aromatic heterocycles. The van der Waals surface area contributed by atoms with Crippen LogP contribution in [-0.4, -0.2) is 31.6 Å². The Balaban J connectivity index is 2.51. The van der Waals surface area contributed by atoms with Gasteiger partial charge >= 0.3 is 0 Å². The number of carbonyl (C=O) groups excluding carboxylic acids is 2. The zero-order chi connectivity index (χ0) is 15.0. The van der Waals surface area contributed by atoms with Crippen LogP contribution in [0.3, 0.4) is 0 Å². The third-order valence-electron chi connectivity index (χ3n) is 2.97. The minimum atomic E-state index is -0.161. The lowest BCUT2D eigenvalue weighted by molar-refractivity contribution is -0.124. The second-order valence-corrected chi connectivity index (χ2v) is 4.69. The molecular weight excluding hydrogens is 256 g/mol. The van der Waals surface area contributed by atoms with E-state index in [2.05, 4.69) is 10.6 Å². The standard InChI is InChI=1S/C15H22N2O3/c1-4-11(2)17-15(19)13-7-5-12(6-8-13)9-16-14(18)10-20-3/h5-8,11H,4,9-10H2,1-3H3,(H,16,18)(H,17,19)/t11-/m1/s1. The smallest absolute Gasteiger partial charge is 0.251 e. The number of rotatable bonds is 7. The molecule has 0 saturated carbocycles. The Bertz CT molecular complexity index is 443. The molecule has 0 saturated heterocycles. The number of amides is 2. The minimum absolute atomic E-state index is 0.0510. The summed E-state index contributed by atoms with van der Waals surface area (Å²) in [6.07, 6.45) is 0.898. The third-order valence-corrected chi connectivity index (χ3v) is 2.97. The van der Waals surface area contributed by atoms with Crippen molar-refractivity contribution in [3.05, 3.63) is 35.4 Å². The van der Waals surface area contributed by atoms with Crippen molar-refractivity contribution in [2.24, 2.45) is 0 Å². The molecule has 1 aromatic carbocycles. The van der Waals surface area contributed by atoms with Gasteiger partial charge in [0.2, 0.25) is 5.91 Å². The van der Waals surface area contributed by atoms with E-state index in [9.17, 15) is 9.59 Å². The maximum atomic E-state index is 11.9. The Hall–Kier alpha value is -1.88. The second-order valence-electron chi connectivity index (χ2n) is 4.69. The highest BCUT2D eigenvalue weighted by atomic mass is 16.5. The first-order valence-corrected chi connectivity index (χ1v) is 6.72. The van der Waals surface area contributed by atoms with Crippen molar-refractivity contribution >= 4 is 11.8 Å². The average Bonchev–Trinajstić information content (AvgIpc) is 2.45. The Kier molecular flexibility index (Phi) is 6.73. The van der Waals surface area contributed by atoms with Crippen LogP contribution in [0.5, 0.6) is 0 Å². The molecule has 1 atom stereocenters. The molecule has 5 nitrogen and oxygen atoms in total. The molecule has 110 valence electrons. The van der Waals surface area contributed by atoms with Gasteiger partial charge in [-0.2, -0.15) is 0 Å². The van der Waals surface area contributed by atoms with Gasteiger partial charge < -0.3 is 15.4 Å². The number of hydrogen-bond donors (Lipinski definition) is 2. The Labute approximate surface area is 119 Å². The van der Waals surface area contributed by atoms with E-state index < -0.39 is 0 Å². The molecule has 0 radical (unpaired) electrons. The molecule has 0 bridgehead atoms. The van der Waals surface area contributed by atoms with Gasteiger partial charge in [0.25, 0.3) is 5.91 Å². The number of benzene rings is 1. The molecule has 1 aromatic rings. The van der Waals surface area contributed by atoms with Crippen LogP contribution >= 0.6 is 0 Å². The van der Waals surface area contributed by atoms with E-state index in [1.165, 1.54) is 7.11 Å².